The fourth-order valence-electron chi connectivity index (χ4n) is 3.11. The van der Waals surface area contributed by atoms with E-state index in [0.717, 1.165) is 33.6 Å². The zero-order valence-corrected chi connectivity index (χ0v) is 14.4. The lowest BCUT2D eigenvalue weighted by Crippen LogP contribution is -2.07. The number of benzene rings is 2. The Hall–Kier alpha value is -2.75. The summed E-state index contributed by atoms with van der Waals surface area (Å²) in [6.45, 7) is 6.17. The average Bonchev–Trinajstić information content (AvgIpc) is 2.86. The van der Waals surface area contributed by atoms with Gasteiger partial charge in [0.1, 0.15) is 5.75 Å². The van der Waals surface area contributed by atoms with E-state index < -0.39 is 0 Å². The molecule has 3 rings (SSSR count). The number of nitrogens with zero attached hydrogens (tertiary/aromatic N) is 1. The van der Waals surface area contributed by atoms with Gasteiger partial charge in [-0.2, -0.15) is 0 Å². The molecule has 0 unspecified atom stereocenters. The van der Waals surface area contributed by atoms with Gasteiger partial charge in [-0.1, -0.05) is 18.2 Å². The maximum atomic E-state index is 12.5. The van der Waals surface area contributed by atoms with Crippen molar-refractivity contribution >= 4 is 16.9 Å². The molecule has 0 saturated carbocycles. The molecule has 0 radical (unpaired) electrons. The van der Waals surface area contributed by atoms with E-state index in [4.69, 9.17) is 9.47 Å². The van der Waals surface area contributed by atoms with Crippen molar-refractivity contribution in [2.45, 2.75) is 20.8 Å². The molecule has 1 heterocycles. The van der Waals surface area contributed by atoms with Crippen LogP contribution in [0.2, 0.25) is 0 Å². The second-order valence-electron chi connectivity index (χ2n) is 5.69. The first-order valence-corrected chi connectivity index (χ1v) is 8.00. The number of hydrogen-bond donors (Lipinski definition) is 0. The molecule has 0 N–H and O–H groups in total. The summed E-state index contributed by atoms with van der Waals surface area (Å²) < 4.78 is 12.7. The molecule has 0 spiro atoms. The van der Waals surface area contributed by atoms with Crippen molar-refractivity contribution in [3.05, 3.63) is 59.3 Å². The standard InChI is InChI=1S/C20H21NO3/c1-5-24-20(22)19-14(3)21(17-9-7-6-8-13(17)2)18-11-10-15(23-4)12-16(18)19/h6-12H,5H2,1-4H3. The minimum atomic E-state index is -0.305. The highest BCUT2D eigenvalue weighted by atomic mass is 16.5. The molecule has 0 aliphatic rings. The van der Waals surface area contributed by atoms with E-state index in [1.54, 1.807) is 7.11 Å². The third kappa shape index (κ3) is 2.54. The van der Waals surface area contributed by atoms with Crippen LogP contribution in [0.1, 0.15) is 28.5 Å². The molecule has 0 aliphatic carbocycles. The molecule has 4 nitrogen and oxygen atoms in total. The normalized spacial score (nSPS) is 10.8. The van der Waals surface area contributed by atoms with Crippen LogP contribution in [0.15, 0.2) is 42.5 Å². The Morgan fingerprint density at radius 3 is 2.54 bits per heavy atom. The average molecular weight is 323 g/mol. The van der Waals surface area contributed by atoms with E-state index in [0.29, 0.717) is 12.2 Å². The number of esters is 1. The third-order valence-corrected chi connectivity index (χ3v) is 4.25. The second-order valence-corrected chi connectivity index (χ2v) is 5.69. The van der Waals surface area contributed by atoms with Crippen LogP contribution in [0.3, 0.4) is 0 Å². The molecule has 124 valence electrons. The minimum Gasteiger partial charge on any atom is -0.497 e. The summed E-state index contributed by atoms with van der Waals surface area (Å²) in [5, 5.41) is 0.841. The number of fused-ring (bicyclic) bond motifs is 1. The van der Waals surface area contributed by atoms with E-state index >= 15 is 0 Å². The Kier molecular flexibility index (Phi) is 4.30. The predicted octanol–water partition coefficient (Wildman–Crippen LogP) is 4.43. The molecule has 1 aromatic heterocycles. The Labute approximate surface area is 141 Å². The highest BCUT2D eigenvalue weighted by molar-refractivity contribution is 6.07. The topological polar surface area (TPSA) is 40.5 Å². The number of carbonyl (C=O) groups is 1. The fraction of sp³-hybridized carbons (Fsp3) is 0.250. The van der Waals surface area contributed by atoms with Crippen molar-refractivity contribution in [2.75, 3.05) is 13.7 Å². The SMILES string of the molecule is CCOC(=O)c1c(C)n(-c2ccccc2C)c2ccc(OC)cc12. The lowest BCUT2D eigenvalue weighted by Gasteiger charge is -2.12. The van der Waals surface area contributed by atoms with Crippen LogP contribution < -0.4 is 4.74 Å². The first-order chi connectivity index (χ1) is 11.6. The van der Waals surface area contributed by atoms with Crippen LogP contribution in [-0.2, 0) is 4.74 Å². The van der Waals surface area contributed by atoms with Gasteiger partial charge >= 0.3 is 5.97 Å². The summed E-state index contributed by atoms with van der Waals surface area (Å²) in [6.07, 6.45) is 0. The number of carbonyl (C=O) groups excluding carboxylic acids is 1. The summed E-state index contributed by atoms with van der Waals surface area (Å²) in [5.41, 5.74) is 4.62. The fourth-order valence-corrected chi connectivity index (χ4v) is 3.11. The molecule has 0 aliphatic heterocycles. The van der Waals surface area contributed by atoms with Gasteiger partial charge < -0.3 is 14.0 Å². The van der Waals surface area contributed by atoms with Crippen LogP contribution in [0.5, 0.6) is 5.75 Å². The van der Waals surface area contributed by atoms with Crippen molar-refractivity contribution in [1.29, 1.82) is 0 Å². The number of para-hydroxylation sites is 1. The molecule has 4 heteroatoms. The number of hydrogen-bond acceptors (Lipinski definition) is 3. The van der Waals surface area contributed by atoms with Crippen molar-refractivity contribution in [1.82, 2.24) is 4.57 Å². The molecule has 0 saturated heterocycles. The van der Waals surface area contributed by atoms with Crippen LogP contribution in [-0.4, -0.2) is 24.3 Å². The molecule has 2 aromatic carbocycles. The Bertz CT molecular complexity index is 909. The zero-order chi connectivity index (χ0) is 17.3. The van der Waals surface area contributed by atoms with Crippen molar-refractivity contribution in [3.8, 4) is 11.4 Å². The lowest BCUT2D eigenvalue weighted by atomic mass is 10.1. The number of aromatic nitrogens is 1. The molecule has 24 heavy (non-hydrogen) atoms. The van der Waals surface area contributed by atoms with Crippen molar-refractivity contribution in [3.63, 3.8) is 0 Å². The summed E-state index contributed by atoms with van der Waals surface area (Å²) in [7, 11) is 1.62. The monoisotopic (exact) mass is 323 g/mol. The largest absolute Gasteiger partial charge is 0.497 e. The highest BCUT2D eigenvalue weighted by Crippen LogP contribution is 2.33. The van der Waals surface area contributed by atoms with Crippen LogP contribution in [0, 0.1) is 13.8 Å². The van der Waals surface area contributed by atoms with Gasteiger partial charge in [-0.15, -0.1) is 0 Å². The number of rotatable bonds is 4. The third-order valence-electron chi connectivity index (χ3n) is 4.25. The van der Waals surface area contributed by atoms with Gasteiger partial charge in [0, 0.05) is 16.8 Å². The second kappa shape index (κ2) is 6.40. The van der Waals surface area contributed by atoms with Crippen molar-refractivity contribution in [2.24, 2.45) is 0 Å². The Balaban J connectivity index is 2.36. The minimum absolute atomic E-state index is 0.305. The van der Waals surface area contributed by atoms with Crippen LogP contribution in [0.4, 0.5) is 0 Å². The van der Waals surface area contributed by atoms with Gasteiger partial charge in [0.25, 0.3) is 0 Å². The molecule has 0 amide bonds. The highest BCUT2D eigenvalue weighted by Gasteiger charge is 2.22. The number of ether oxygens (including phenoxy) is 2. The van der Waals surface area contributed by atoms with Gasteiger partial charge in [0.2, 0.25) is 0 Å². The summed E-state index contributed by atoms with van der Waals surface area (Å²) in [5.74, 6) is 0.413. The first-order valence-electron chi connectivity index (χ1n) is 8.00. The molecular weight excluding hydrogens is 302 g/mol. The van der Waals surface area contributed by atoms with E-state index in [9.17, 15) is 4.79 Å². The molecule has 3 aromatic rings. The van der Waals surface area contributed by atoms with Gasteiger partial charge in [-0.05, 0) is 50.6 Å². The molecule has 0 atom stereocenters. The molecule has 0 bridgehead atoms. The van der Waals surface area contributed by atoms with Gasteiger partial charge in [0.05, 0.1) is 24.8 Å². The molecular formula is C20H21NO3. The van der Waals surface area contributed by atoms with E-state index in [-0.39, 0.29) is 5.97 Å². The Morgan fingerprint density at radius 2 is 1.88 bits per heavy atom. The number of aryl methyl sites for hydroxylation is 1. The van der Waals surface area contributed by atoms with Gasteiger partial charge in [-0.25, -0.2) is 4.79 Å². The van der Waals surface area contributed by atoms with E-state index in [1.807, 2.05) is 44.2 Å². The van der Waals surface area contributed by atoms with Crippen molar-refractivity contribution < 1.29 is 14.3 Å². The van der Waals surface area contributed by atoms with Gasteiger partial charge in [0.15, 0.2) is 0 Å². The van der Waals surface area contributed by atoms with E-state index in [2.05, 4.69) is 23.6 Å². The maximum absolute atomic E-state index is 12.5. The molecule has 0 fully saturated rings. The number of methoxy groups -OCH3 is 1. The van der Waals surface area contributed by atoms with Gasteiger partial charge in [-0.3, -0.25) is 0 Å². The predicted molar refractivity (Wildman–Crippen MR) is 95.3 cm³/mol. The summed E-state index contributed by atoms with van der Waals surface area (Å²) in [4.78, 5) is 12.5. The first kappa shape index (κ1) is 16.1. The van der Waals surface area contributed by atoms with E-state index in [1.165, 1.54) is 0 Å². The lowest BCUT2D eigenvalue weighted by molar-refractivity contribution is 0.0527. The van der Waals surface area contributed by atoms with Crippen LogP contribution in [0.25, 0.3) is 16.6 Å². The smallest absolute Gasteiger partial charge is 0.340 e. The Morgan fingerprint density at radius 1 is 1.12 bits per heavy atom. The maximum Gasteiger partial charge on any atom is 0.340 e. The summed E-state index contributed by atoms with van der Waals surface area (Å²) in [6, 6.07) is 13.9. The quantitative estimate of drug-likeness (QED) is 0.667. The zero-order valence-electron chi connectivity index (χ0n) is 14.4. The van der Waals surface area contributed by atoms with Crippen LogP contribution >= 0.6 is 0 Å². The summed E-state index contributed by atoms with van der Waals surface area (Å²) >= 11 is 0.